The van der Waals surface area contributed by atoms with Crippen molar-refractivity contribution in [2.75, 3.05) is 13.2 Å². The van der Waals surface area contributed by atoms with Crippen LogP contribution in [-0.4, -0.2) is 13.2 Å². The number of allylic oxidation sites excluding steroid dienone is 2. The molecule has 0 fully saturated rings. The zero-order valence-electron chi connectivity index (χ0n) is 26.8. The van der Waals surface area contributed by atoms with Gasteiger partial charge in [0.05, 0.1) is 13.2 Å². The van der Waals surface area contributed by atoms with E-state index in [2.05, 4.69) is 88.4 Å². The van der Waals surface area contributed by atoms with Crippen LogP contribution >= 0.6 is 0 Å². The Balaban J connectivity index is 1.03. The van der Waals surface area contributed by atoms with Gasteiger partial charge in [-0.3, -0.25) is 0 Å². The molecule has 1 nitrogen and oxygen atoms in total. The van der Waals surface area contributed by atoms with Gasteiger partial charge in [-0.2, -0.15) is 0 Å². The first kappa shape index (κ1) is 31.8. The molecule has 1 heteroatoms. The van der Waals surface area contributed by atoms with E-state index in [0.717, 1.165) is 49.7 Å². The lowest BCUT2D eigenvalue weighted by atomic mass is 9.84. The predicted molar refractivity (Wildman–Crippen MR) is 178 cm³/mol. The second-order valence-corrected chi connectivity index (χ2v) is 14.0. The first-order valence-corrected chi connectivity index (χ1v) is 17.0. The van der Waals surface area contributed by atoms with Gasteiger partial charge >= 0.3 is 0 Å². The molecule has 0 saturated heterocycles. The Kier molecular flexibility index (Phi) is 13.3. The highest BCUT2D eigenvalue weighted by Gasteiger charge is 2.16. The lowest BCUT2D eigenvalue weighted by Crippen LogP contribution is -2.10. The van der Waals surface area contributed by atoms with Crippen molar-refractivity contribution in [3.8, 4) is 0 Å². The first-order chi connectivity index (χ1) is 19.9. The molecule has 2 unspecified atom stereocenters. The second-order valence-electron chi connectivity index (χ2n) is 14.0. The van der Waals surface area contributed by atoms with Gasteiger partial charge in [-0.1, -0.05) is 99.5 Å². The van der Waals surface area contributed by atoms with E-state index in [0.29, 0.717) is 0 Å². The predicted octanol–water partition coefficient (Wildman–Crippen LogP) is 10.9. The molecule has 0 radical (unpaired) electrons. The quantitative estimate of drug-likeness (QED) is 0.148. The summed E-state index contributed by atoms with van der Waals surface area (Å²) in [6.07, 6.45) is 22.6. The minimum absolute atomic E-state index is 0.732. The normalized spacial score (nSPS) is 19.5. The van der Waals surface area contributed by atoms with Crippen LogP contribution in [0.5, 0.6) is 0 Å². The molecule has 0 aromatic heterocycles. The topological polar surface area (TPSA) is 9.23 Å². The molecule has 4 rings (SSSR count). The summed E-state index contributed by atoms with van der Waals surface area (Å²) in [5.74, 6) is 3.17. The maximum atomic E-state index is 6.09. The van der Waals surface area contributed by atoms with E-state index >= 15 is 0 Å². The van der Waals surface area contributed by atoms with Crippen molar-refractivity contribution < 1.29 is 4.74 Å². The van der Waals surface area contributed by atoms with Gasteiger partial charge in [0.25, 0.3) is 0 Å². The average Bonchev–Trinajstić information content (AvgIpc) is 2.97. The van der Waals surface area contributed by atoms with E-state index in [9.17, 15) is 0 Å². The zero-order valence-corrected chi connectivity index (χ0v) is 26.8. The Bertz CT molecular complexity index is 981. The van der Waals surface area contributed by atoms with Crippen molar-refractivity contribution in [3.05, 3.63) is 94.1 Å². The van der Waals surface area contributed by atoms with E-state index in [1.807, 2.05) is 0 Å². The van der Waals surface area contributed by atoms with Crippen LogP contribution in [0.15, 0.2) is 71.8 Å². The number of ether oxygens (including phenoxy) is 1. The van der Waals surface area contributed by atoms with Gasteiger partial charge in [-0.15, -0.1) is 0 Å². The summed E-state index contributed by atoms with van der Waals surface area (Å²) in [5.41, 5.74) is 9.23. The molecule has 2 aromatic rings. The van der Waals surface area contributed by atoms with Crippen LogP contribution in [0.1, 0.15) is 114 Å². The minimum atomic E-state index is 0.732. The van der Waals surface area contributed by atoms with Crippen molar-refractivity contribution in [1.29, 1.82) is 0 Å². The fourth-order valence-corrected chi connectivity index (χ4v) is 6.74. The van der Waals surface area contributed by atoms with Crippen molar-refractivity contribution in [1.82, 2.24) is 0 Å². The van der Waals surface area contributed by atoms with Gasteiger partial charge in [0.15, 0.2) is 0 Å². The van der Waals surface area contributed by atoms with Gasteiger partial charge in [-0.05, 0) is 136 Å². The third-order valence-electron chi connectivity index (χ3n) is 9.38. The lowest BCUT2D eigenvalue weighted by molar-refractivity contribution is 0.138. The largest absolute Gasteiger partial charge is 0.381 e. The minimum Gasteiger partial charge on any atom is -0.381 e. The maximum absolute atomic E-state index is 6.09. The van der Waals surface area contributed by atoms with Crippen molar-refractivity contribution in [2.45, 2.75) is 118 Å². The number of rotatable bonds is 16. The summed E-state index contributed by atoms with van der Waals surface area (Å²) in [6, 6.07) is 18.8. The van der Waals surface area contributed by atoms with E-state index in [4.69, 9.17) is 4.74 Å². The Labute approximate surface area is 252 Å². The van der Waals surface area contributed by atoms with Crippen molar-refractivity contribution in [3.63, 3.8) is 0 Å². The highest BCUT2D eigenvalue weighted by Crippen LogP contribution is 2.30. The molecule has 0 aliphatic heterocycles. The van der Waals surface area contributed by atoms with Crippen molar-refractivity contribution >= 4 is 0 Å². The summed E-state index contributed by atoms with van der Waals surface area (Å²) in [4.78, 5) is 0. The first-order valence-electron chi connectivity index (χ1n) is 17.0. The SMILES string of the molecule is CC(C)Cc1ccc(CCC2CC=C(CCOCCC3=CCC(CCc4ccc(CC(C)C)cc4)CC3)CC2)cc1. The van der Waals surface area contributed by atoms with Crippen LogP contribution in [-0.2, 0) is 30.4 Å². The van der Waals surface area contributed by atoms with Gasteiger partial charge in [-0.25, -0.2) is 0 Å². The average molecular weight is 555 g/mol. The molecule has 2 aromatic carbocycles. The number of aryl methyl sites for hydroxylation is 2. The summed E-state index contributed by atoms with van der Waals surface area (Å²) in [7, 11) is 0. The van der Waals surface area contributed by atoms with Crippen LogP contribution in [0.3, 0.4) is 0 Å². The molecule has 2 aliphatic rings. The van der Waals surface area contributed by atoms with Gasteiger partial charge in [0, 0.05) is 0 Å². The standard InChI is InChI=1S/C40H58O/c1-31(2)29-39-21-17-35(18-22-39)7-5-33-9-13-37(14-10-33)25-27-41-28-26-38-15-11-34(12-16-38)6-8-36-19-23-40(24-20-36)30-32(3)4/h13,15,17-24,31-34H,5-12,14,16,25-30H2,1-4H3. The fraction of sp³-hybridized carbons (Fsp3) is 0.600. The van der Waals surface area contributed by atoms with Gasteiger partial charge < -0.3 is 4.74 Å². The summed E-state index contributed by atoms with van der Waals surface area (Å²) >= 11 is 0. The summed E-state index contributed by atoms with van der Waals surface area (Å²) in [5, 5.41) is 0. The molecule has 2 aliphatic carbocycles. The molecule has 2 atom stereocenters. The monoisotopic (exact) mass is 554 g/mol. The highest BCUT2D eigenvalue weighted by atomic mass is 16.5. The molecule has 0 bridgehead atoms. The lowest BCUT2D eigenvalue weighted by Gasteiger charge is -2.23. The molecule has 0 saturated carbocycles. The molecular formula is C40H58O. The Morgan fingerprint density at radius 1 is 0.561 bits per heavy atom. The second kappa shape index (κ2) is 17.1. The molecular weight excluding hydrogens is 496 g/mol. The Hall–Kier alpha value is -2.12. The third-order valence-corrected chi connectivity index (χ3v) is 9.38. The zero-order chi connectivity index (χ0) is 28.9. The molecule has 41 heavy (non-hydrogen) atoms. The molecule has 0 heterocycles. The van der Waals surface area contributed by atoms with E-state index in [-0.39, 0.29) is 0 Å². The number of benzene rings is 2. The van der Waals surface area contributed by atoms with Crippen LogP contribution < -0.4 is 0 Å². The fourth-order valence-electron chi connectivity index (χ4n) is 6.74. The summed E-state index contributed by atoms with van der Waals surface area (Å²) in [6.45, 7) is 11.0. The Morgan fingerprint density at radius 2 is 0.951 bits per heavy atom. The molecule has 0 amide bonds. The Morgan fingerprint density at radius 3 is 1.29 bits per heavy atom. The molecule has 0 N–H and O–H groups in total. The molecule has 0 spiro atoms. The maximum Gasteiger partial charge on any atom is 0.0503 e. The van der Waals surface area contributed by atoms with E-state index in [1.165, 1.54) is 99.3 Å². The van der Waals surface area contributed by atoms with Gasteiger partial charge in [0.1, 0.15) is 0 Å². The number of hydrogen-bond donors (Lipinski definition) is 0. The van der Waals surface area contributed by atoms with Crippen LogP contribution in [0, 0.1) is 23.7 Å². The van der Waals surface area contributed by atoms with Crippen LogP contribution in [0.4, 0.5) is 0 Å². The smallest absolute Gasteiger partial charge is 0.0503 e. The van der Waals surface area contributed by atoms with Crippen LogP contribution in [0.25, 0.3) is 0 Å². The highest BCUT2D eigenvalue weighted by molar-refractivity contribution is 5.24. The third kappa shape index (κ3) is 12.0. The van der Waals surface area contributed by atoms with E-state index in [1.54, 1.807) is 11.1 Å². The van der Waals surface area contributed by atoms with Gasteiger partial charge in [0.2, 0.25) is 0 Å². The summed E-state index contributed by atoms with van der Waals surface area (Å²) < 4.78 is 6.09. The van der Waals surface area contributed by atoms with Crippen LogP contribution in [0.2, 0.25) is 0 Å². The van der Waals surface area contributed by atoms with E-state index < -0.39 is 0 Å². The van der Waals surface area contributed by atoms with Crippen molar-refractivity contribution in [2.24, 2.45) is 23.7 Å². The molecule has 224 valence electrons. The number of hydrogen-bond acceptors (Lipinski definition) is 1.